The van der Waals surface area contributed by atoms with E-state index in [1.807, 2.05) is 0 Å². The van der Waals surface area contributed by atoms with Gasteiger partial charge in [-0.25, -0.2) is 8.42 Å². The van der Waals surface area contributed by atoms with Gasteiger partial charge in [-0.3, -0.25) is 0 Å². The molecule has 2 rings (SSSR count). The zero-order valence-electron chi connectivity index (χ0n) is 11.6. The molecule has 0 aromatic carbocycles. The van der Waals surface area contributed by atoms with Crippen molar-refractivity contribution in [2.45, 2.75) is 13.1 Å². The van der Waals surface area contributed by atoms with Gasteiger partial charge in [-0.1, -0.05) is 31.4 Å². The van der Waals surface area contributed by atoms with Gasteiger partial charge in [0.1, 0.15) is 0 Å². The summed E-state index contributed by atoms with van der Waals surface area (Å²) in [5.41, 5.74) is 1.02. The number of hydrogen-bond donors (Lipinski definition) is 1. The Hall–Kier alpha value is -1.97. The molecular weight excluding hydrogens is 326 g/mol. The summed E-state index contributed by atoms with van der Waals surface area (Å²) in [6, 6.07) is 0. The van der Waals surface area contributed by atoms with Crippen LogP contribution in [0.3, 0.4) is 0 Å². The molecule has 0 fully saturated rings. The molecule has 9 heteroatoms. The van der Waals surface area contributed by atoms with Crippen LogP contribution in [0.4, 0.5) is 0 Å². The van der Waals surface area contributed by atoms with E-state index < -0.39 is 20.9 Å². The largest absolute Gasteiger partial charge is 0.282 e. The van der Waals surface area contributed by atoms with Crippen molar-refractivity contribution < 1.29 is 16.8 Å². The Kier molecular flexibility index (Phi) is 4.79. The third-order valence-electron chi connectivity index (χ3n) is 3.00. The molecule has 0 radical (unpaired) electrons. The Morgan fingerprint density at radius 3 is 2.55 bits per heavy atom. The zero-order chi connectivity index (χ0) is 16.3. The maximum absolute atomic E-state index is 12.5. The molecule has 0 N–H and O–H groups in total. The third kappa shape index (κ3) is 3.11. The number of allylic oxidation sites excluding steroid dienone is 5. The van der Waals surface area contributed by atoms with Crippen LogP contribution in [0.2, 0.25) is 0 Å². The van der Waals surface area contributed by atoms with Crippen molar-refractivity contribution in [3.05, 3.63) is 65.9 Å². The molecule has 0 saturated heterocycles. The number of fused-ring (bicyclic) bond motifs is 1. The highest BCUT2D eigenvalue weighted by Gasteiger charge is 2.28. The summed E-state index contributed by atoms with van der Waals surface area (Å²) in [5, 5.41) is 3.99. The standard InChI is InChI=1S/C13H15N3O4S2/c1-3-5-7-12(6-4-2)22(19,20)16-9-11-8-15(21(17)18)10-13(11)14-16/h3-7,9,21H,1-2,8,10H2/b7-5-,12-6+. The molecule has 0 spiro atoms. The van der Waals surface area contributed by atoms with Gasteiger partial charge in [-0.15, -0.1) is 0 Å². The predicted molar refractivity (Wildman–Crippen MR) is 83.7 cm³/mol. The summed E-state index contributed by atoms with van der Waals surface area (Å²) < 4.78 is 48.9. The van der Waals surface area contributed by atoms with Crippen molar-refractivity contribution >= 4 is 20.9 Å². The van der Waals surface area contributed by atoms with Gasteiger partial charge in [0, 0.05) is 18.3 Å². The van der Waals surface area contributed by atoms with Crippen LogP contribution in [0.15, 0.2) is 54.6 Å². The molecule has 118 valence electrons. The molecule has 0 aliphatic carbocycles. The summed E-state index contributed by atoms with van der Waals surface area (Å²) in [6.45, 7) is 7.20. The van der Waals surface area contributed by atoms with E-state index in [-0.39, 0.29) is 18.0 Å². The lowest BCUT2D eigenvalue weighted by molar-refractivity contribution is 0.443. The summed E-state index contributed by atoms with van der Waals surface area (Å²) in [7, 11) is -6.56. The third-order valence-corrected chi connectivity index (χ3v) is 5.29. The van der Waals surface area contributed by atoms with E-state index >= 15 is 0 Å². The number of nitrogens with zero attached hydrogens (tertiary/aromatic N) is 3. The highest BCUT2D eigenvalue weighted by atomic mass is 32.2. The van der Waals surface area contributed by atoms with Gasteiger partial charge >= 0.3 is 0 Å². The van der Waals surface area contributed by atoms with Crippen LogP contribution >= 0.6 is 0 Å². The van der Waals surface area contributed by atoms with Gasteiger partial charge in [-0.05, 0) is 12.2 Å². The summed E-state index contributed by atoms with van der Waals surface area (Å²) in [5.74, 6) is 0. The van der Waals surface area contributed by atoms with Crippen molar-refractivity contribution in [2.24, 2.45) is 0 Å². The number of aromatic nitrogens is 2. The maximum Gasteiger partial charge on any atom is 0.282 e. The molecule has 1 aliphatic rings. The van der Waals surface area contributed by atoms with Gasteiger partial charge < -0.3 is 0 Å². The normalized spacial score (nSPS) is 16.3. The van der Waals surface area contributed by atoms with Gasteiger partial charge in [0.05, 0.1) is 17.1 Å². The molecule has 1 aliphatic heterocycles. The molecule has 1 aromatic rings. The lowest BCUT2D eigenvalue weighted by atomic mass is 10.3. The Morgan fingerprint density at radius 1 is 1.27 bits per heavy atom. The van der Waals surface area contributed by atoms with Crippen LogP contribution in [0.1, 0.15) is 11.3 Å². The van der Waals surface area contributed by atoms with Crippen LogP contribution < -0.4 is 0 Å². The van der Waals surface area contributed by atoms with E-state index in [9.17, 15) is 16.8 Å². The van der Waals surface area contributed by atoms with E-state index in [1.54, 1.807) is 0 Å². The van der Waals surface area contributed by atoms with Crippen molar-refractivity contribution in [1.82, 2.24) is 13.5 Å². The van der Waals surface area contributed by atoms with Crippen molar-refractivity contribution in [3.63, 3.8) is 0 Å². The second-order valence-corrected chi connectivity index (χ2v) is 7.28. The Bertz CT molecular complexity index is 813. The topological polar surface area (TPSA) is 89.3 Å². The molecule has 7 nitrogen and oxygen atoms in total. The molecule has 0 atom stereocenters. The number of thiol groups is 1. The first-order valence-corrected chi connectivity index (χ1v) is 8.81. The van der Waals surface area contributed by atoms with Crippen LogP contribution in [-0.4, -0.2) is 30.3 Å². The zero-order valence-corrected chi connectivity index (χ0v) is 13.3. The fourth-order valence-corrected chi connectivity index (χ4v) is 3.69. The van der Waals surface area contributed by atoms with Crippen molar-refractivity contribution in [2.75, 3.05) is 0 Å². The average molecular weight is 341 g/mol. The van der Waals surface area contributed by atoms with Crippen LogP contribution in [0.5, 0.6) is 0 Å². The second kappa shape index (κ2) is 6.42. The first-order valence-electron chi connectivity index (χ1n) is 6.24. The number of hydrogen-bond acceptors (Lipinski definition) is 5. The van der Waals surface area contributed by atoms with Gasteiger partial charge in [0.15, 0.2) is 0 Å². The fraction of sp³-hybridized carbons (Fsp3) is 0.154. The van der Waals surface area contributed by atoms with E-state index in [1.165, 1.54) is 40.9 Å². The molecule has 0 saturated carbocycles. The Labute approximate surface area is 130 Å². The van der Waals surface area contributed by atoms with E-state index in [2.05, 4.69) is 18.3 Å². The molecule has 0 unspecified atom stereocenters. The number of rotatable bonds is 6. The molecule has 1 aromatic heterocycles. The maximum atomic E-state index is 12.5. The predicted octanol–water partition coefficient (Wildman–Crippen LogP) is 0.715. The first-order chi connectivity index (χ1) is 10.4. The first kappa shape index (κ1) is 16.4. The fourth-order valence-electron chi connectivity index (χ4n) is 1.96. The van der Waals surface area contributed by atoms with Gasteiger partial charge in [0.2, 0.25) is 10.9 Å². The quantitative estimate of drug-likeness (QED) is 0.608. The van der Waals surface area contributed by atoms with Crippen LogP contribution in [0, 0.1) is 0 Å². The van der Waals surface area contributed by atoms with Crippen molar-refractivity contribution in [1.29, 1.82) is 0 Å². The Balaban J connectivity index is 2.39. The van der Waals surface area contributed by atoms with Crippen LogP contribution in [0.25, 0.3) is 0 Å². The smallest absolute Gasteiger partial charge is 0.215 e. The van der Waals surface area contributed by atoms with E-state index in [4.69, 9.17) is 0 Å². The SMILES string of the molecule is C=C/C=C\C(=C/C=C)S(=O)(=O)n1cc2c(n1)CN([SH](=O)=O)C2. The monoisotopic (exact) mass is 341 g/mol. The summed E-state index contributed by atoms with van der Waals surface area (Å²) in [4.78, 5) is 0.00957. The molecule has 0 amide bonds. The summed E-state index contributed by atoms with van der Waals surface area (Å²) >= 11 is 0. The van der Waals surface area contributed by atoms with Gasteiger partial charge in [-0.2, -0.15) is 21.9 Å². The van der Waals surface area contributed by atoms with Crippen LogP contribution in [-0.2, 0) is 34.0 Å². The lowest BCUT2D eigenvalue weighted by Gasteiger charge is -2.07. The minimum Gasteiger partial charge on any atom is -0.215 e. The minimum atomic E-state index is -3.86. The molecule has 22 heavy (non-hydrogen) atoms. The van der Waals surface area contributed by atoms with E-state index in [0.717, 1.165) is 4.09 Å². The second-order valence-electron chi connectivity index (χ2n) is 4.44. The van der Waals surface area contributed by atoms with Crippen molar-refractivity contribution in [3.8, 4) is 0 Å². The van der Waals surface area contributed by atoms with E-state index in [0.29, 0.717) is 11.3 Å². The highest BCUT2D eigenvalue weighted by molar-refractivity contribution is 7.93. The van der Waals surface area contributed by atoms with Gasteiger partial charge in [0.25, 0.3) is 10.0 Å². The lowest BCUT2D eigenvalue weighted by Crippen LogP contribution is -2.18. The Morgan fingerprint density at radius 2 is 2.00 bits per heavy atom. The molecule has 0 bridgehead atoms. The average Bonchev–Trinajstić information content (AvgIpc) is 3.01. The summed E-state index contributed by atoms with van der Waals surface area (Å²) in [6.07, 6.45) is 8.39. The molecule has 2 heterocycles. The highest BCUT2D eigenvalue weighted by Crippen LogP contribution is 2.23. The minimum absolute atomic E-state index is 0.00957. The molecular formula is C13H15N3O4S2.